The van der Waals surface area contributed by atoms with Crippen LogP contribution in [0, 0.1) is 16.7 Å². The summed E-state index contributed by atoms with van der Waals surface area (Å²) in [5, 5.41) is 9.47. The molecule has 2 saturated carbocycles. The van der Waals surface area contributed by atoms with E-state index < -0.39 is 0 Å². The lowest BCUT2D eigenvalue weighted by Crippen LogP contribution is -2.57. The number of hydrogen-bond donors (Lipinski definition) is 1. The van der Waals surface area contributed by atoms with Gasteiger partial charge in [0.2, 0.25) is 0 Å². The van der Waals surface area contributed by atoms with Gasteiger partial charge in [0.15, 0.2) is 0 Å². The van der Waals surface area contributed by atoms with Crippen molar-refractivity contribution >= 4 is 0 Å². The smallest absolute Gasteiger partial charge is 0.0553 e. The Bertz CT molecular complexity index is 212. The molecule has 3 fully saturated rings. The van der Waals surface area contributed by atoms with E-state index in [0.717, 1.165) is 19.1 Å². The lowest BCUT2D eigenvalue weighted by molar-refractivity contribution is -0.210. The summed E-state index contributed by atoms with van der Waals surface area (Å²) in [7, 11) is 0. The van der Waals surface area contributed by atoms with Crippen molar-refractivity contribution in [3.05, 3.63) is 0 Å². The molecule has 0 radical (unpaired) electrons. The molecule has 0 aromatic rings. The fourth-order valence-electron chi connectivity index (χ4n) is 3.22. The molecule has 0 aromatic carbocycles. The molecule has 1 saturated heterocycles. The maximum absolute atomic E-state index is 9.47. The lowest BCUT2D eigenvalue weighted by Gasteiger charge is -2.55. The Morgan fingerprint density at radius 3 is 2.15 bits per heavy atom. The summed E-state index contributed by atoms with van der Waals surface area (Å²) >= 11 is 0. The van der Waals surface area contributed by atoms with Gasteiger partial charge in [-0.25, -0.2) is 0 Å². The zero-order valence-corrected chi connectivity index (χ0v) is 8.09. The number of hydrogen-bond acceptors (Lipinski definition) is 2. The van der Waals surface area contributed by atoms with Gasteiger partial charge in [-0.05, 0) is 31.6 Å². The first kappa shape index (κ1) is 8.25. The van der Waals surface area contributed by atoms with Gasteiger partial charge in [0.05, 0.1) is 13.2 Å². The molecular weight excluding hydrogens is 164 g/mol. The van der Waals surface area contributed by atoms with E-state index in [4.69, 9.17) is 4.74 Å². The summed E-state index contributed by atoms with van der Waals surface area (Å²) in [4.78, 5) is 0. The second-order valence-electron chi connectivity index (χ2n) is 5.22. The van der Waals surface area contributed by atoms with Crippen molar-refractivity contribution in [3.63, 3.8) is 0 Å². The quantitative estimate of drug-likeness (QED) is 0.718. The monoisotopic (exact) mass is 182 g/mol. The summed E-state index contributed by atoms with van der Waals surface area (Å²) in [5.74, 6) is 0.871. The van der Waals surface area contributed by atoms with Crippen LogP contribution >= 0.6 is 0 Å². The molecule has 0 bridgehead atoms. The zero-order chi connectivity index (χ0) is 8.94. The highest BCUT2D eigenvalue weighted by atomic mass is 16.5. The Morgan fingerprint density at radius 2 is 1.92 bits per heavy atom. The van der Waals surface area contributed by atoms with Crippen LogP contribution in [0.4, 0.5) is 0 Å². The molecule has 0 unspecified atom stereocenters. The van der Waals surface area contributed by atoms with Crippen LogP contribution in [-0.4, -0.2) is 24.9 Å². The molecule has 2 aliphatic carbocycles. The van der Waals surface area contributed by atoms with E-state index in [9.17, 15) is 5.11 Å². The van der Waals surface area contributed by atoms with Crippen LogP contribution in [0.25, 0.3) is 0 Å². The van der Waals surface area contributed by atoms with Crippen LogP contribution in [0.5, 0.6) is 0 Å². The topological polar surface area (TPSA) is 29.5 Å². The van der Waals surface area contributed by atoms with Crippen LogP contribution in [0.2, 0.25) is 0 Å². The third-order valence-electron chi connectivity index (χ3n) is 4.82. The summed E-state index contributed by atoms with van der Waals surface area (Å²) in [6, 6.07) is 0. The highest BCUT2D eigenvalue weighted by Crippen LogP contribution is 2.67. The standard InChI is InChI=1S/C11H18O2/c12-6-10(4-5-10)11(7-13-8-11)9-2-1-3-9/h9,12H,1-8H2. The van der Waals surface area contributed by atoms with E-state index >= 15 is 0 Å². The van der Waals surface area contributed by atoms with Gasteiger partial charge in [-0.2, -0.15) is 0 Å². The first-order valence-corrected chi connectivity index (χ1v) is 5.52. The predicted octanol–water partition coefficient (Wildman–Crippen LogP) is 1.58. The van der Waals surface area contributed by atoms with E-state index in [0.29, 0.717) is 12.0 Å². The van der Waals surface area contributed by atoms with E-state index in [2.05, 4.69) is 0 Å². The minimum absolute atomic E-state index is 0.288. The summed E-state index contributed by atoms with van der Waals surface area (Å²) < 4.78 is 5.41. The average molecular weight is 182 g/mol. The Morgan fingerprint density at radius 1 is 1.23 bits per heavy atom. The average Bonchev–Trinajstić information content (AvgIpc) is 2.73. The van der Waals surface area contributed by atoms with Gasteiger partial charge in [0.1, 0.15) is 0 Å². The van der Waals surface area contributed by atoms with Crippen molar-refractivity contribution < 1.29 is 9.84 Å². The van der Waals surface area contributed by atoms with Gasteiger partial charge in [0, 0.05) is 17.4 Å². The molecular formula is C11H18O2. The molecule has 74 valence electrons. The van der Waals surface area contributed by atoms with Crippen LogP contribution in [0.1, 0.15) is 32.1 Å². The summed E-state index contributed by atoms with van der Waals surface area (Å²) in [6.45, 7) is 2.25. The molecule has 2 heteroatoms. The Balaban J connectivity index is 1.83. The molecule has 1 heterocycles. The summed E-state index contributed by atoms with van der Waals surface area (Å²) in [6.07, 6.45) is 6.64. The fraction of sp³-hybridized carbons (Fsp3) is 1.00. The molecule has 1 N–H and O–H groups in total. The molecule has 0 atom stereocenters. The first-order valence-electron chi connectivity index (χ1n) is 5.52. The largest absolute Gasteiger partial charge is 0.396 e. The van der Waals surface area contributed by atoms with Crippen LogP contribution < -0.4 is 0 Å². The SMILES string of the molecule is OCC1(C2(C3CCC3)COC2)CC1. The number of rotatable bonds is 3. The zero-order valence-electron chi connectivity index (χ0n) is 8.09. The van der Waals surface area contributed by atoms with Crippen LogP contribution in [-0.2, 0) is 4.74 Å². The van der Waals surface area contributed by atoms with Gasteiger partial charge in [-0.15, -0.1) is 0 Å². The van der Waals surface area contributed by atoms with Crippen LogP contribution in [0.15, 0.2) is 0 Å². The highest BCUT2D eigenvalue weighted by molar-refractivity contribution is 5.13. The maximum Gasteiger partial charge on any atom is 0.0553 e. The second kappa shape index (κ2) is 2.48. The highest BCUT2D eigenvalue weighted by Gasteiger charge is 2.65. The lowest BCUT2D eigenvalue weighted by atomic mass is 9.56. The second-order valence-corrected chi connectivity index (χ2v) is 5.22. The number of aliphatic hydroxyl groups excluding tert-OH is 1. The fourth-order valence-corrected chi connectivity index (χ4v) is 3.22. The van der Waals surface area contributed by atoms with E-state index in [1.807, 2.05) is 0 Å². The van der Waals surface area contributed by atoms with E-state index in [-0.39, 0.29) is 5.41 Å². The number of aliphatic hydroxyl groups is 1. The van der Waals surface area contributed by atoms with Gasteiger partial charge in [0.25, 0.3) is 0 Å². The van der Waals surface area contributed by atoms with E-state index in [1.165, 1.54) is 32.1 Å². The van der Waals surface area contributed by atoms with Crippen LogP contribution in [0.3, 0.4) is 0 Å². The van der Waals surface area contributed by atoms with Gasteiger partial charge in [-0.3, -0.25) is 0 Å². The van der Waals surface area contributed by atoms with Crippen molar-refractivity contribution in [1.82, 2.24) is 0 Å². The minimum Gasteiger partial charge on any atom is -0.396 e. The van der Waals surface area contributed by atoms with Crippen molar-refractivity contribution in [2.45, 2.75) is 32.1 Å². The molecule has 0 spiro atoms. The first-order chi connectivity index (χ1) is 6.33. The molecule has 0 amide bonds. The maximum atomic E-state index is 9.47. The molecule has 3 rings (SSSR count). The van der Waals surface area contributed by atoms with E-state index in [1.54, 1.807) is 0 Å². The molecule has 13 heavy (non-hydrogen) atoms. The predicted molar refractivity (Wildman–Crippen MR) is 49.3 cm³/mol. The normalized spacial score (nSPS) is 34.8. The molecule has 0 aromatic heterocycles. The van der Waals surface area contributed by atoms with Gasteiger partial charge >= 0.3 is 0 Å². The number of ether oxygens (including phenoxy) is 1. The third-order valence-corrected chi connectivity index (χ3v) is 4.82. The molecule has 2 nitrogen and oxygen atoms in total. The Labute approximate surface area is 79.3 Å². The van der Waals surface area contributed by atoms with Crippen molar-refractivity contribution in [1.29, 1.82) is 0 Å². The minimum atomic E-state index is 0.288. The van der Waals surface area contributed by atoms with Crippen molar-refractivity contribution in [3.8, 4) is 0 Å². The Kier molecular flexibility index (Phi) is 1.58. The van der Waals surface area contributed by atoms with Gasteiger partial charge < -0.3 is 9.84 Å². The van der Waals surface area contributed by atoms with Crippen molar-refractivity contribution in [2.24, 2.45) is 16.7 Å². The third kappa shape index (κ3) is 0.861. The van der Waals surface area contributed by atoms with Crippen molar-refractivity contribution in [2.75, 3.05) is 19.8 Å². The summed E-state index contributed by atoms with van der Waals surface area (Å²) in [5.41, 5.74) is 0.691. The van der Waals surface area contributed by atoms with Gasteiger partial charge in [-0.1, -0.05) is 6.42 Å². The molecule has 1 aliphatic heterocycles. The Hall–Kier alpha value is -0.0800. The molecule has 3 aliphatic rings.